The lowest BCUT2D eigenvalue weighted by atomic mass is 9.93. The first-order chi connectivity index (χ1) is 19.9. The number of halogens is 2. The average Bonchev–Trinajstić information content (AvgIpc) is 3.41. The molecule has 41 heavy (non-hydrogen) atoms. The summed E-state index contributed by atoms with van der Waals surface area (Å²) < 4.78 is 30.4. The zero-order chi connectivity index (χ0) is 28.9. The first-order valence-electron chi connectivity index (χ1n) is 14.9. The number of hydrogen-bond donors (Lipinski definition) is 2. The third-order valence-electron chi connectivity index (χ3n) is 8.36. The highest BCUT2D eigenvalue weighted by molar-refractivity contribution is 5.99. The summed E-state index contributed by atoms with van der Waals surface area (Å²) >= 11 is 0. The Bertz CT molecular complexity index is 1390. The van der Waals surface area contributed by atoms with E-state index in [1.165, 1.54) is 11.6 Å². The molecule has 10 heteroatoms. The van der Waals surface area contributed by atoms with Crippen LogP contribution in [0.2, 0.25) is 0 Å². The van der Waals surface area contributed by atoms with Crippen molar-refractivity contribution < 1.29 is 8.78 Å². The third kappa shape index (κ3) is 6.59. The molecule has 220 valence electrons. The molecule has 2 N–H and O–H groups in total. The van der Waals surface area contributed by atoms with E-state index >= 15 is 8.78 Å². The van der Waals surface area contributed by atoms with Gasteiger partial charge < -0.3 is 20.0 Å². The van der Waals surface area contributed by atoms with E-state index in [0.29, 0.717) is 22.7 Å². The van der Waals surface area contributed by atoms with Crippen molar-refractivity contribution in [1.82, 2.24) is 29.9 Å². The van der Waals surface area contributed by atoms with Crippen molar-refractivity contribution in [2.24, 2.45) is 4.99 Å². The number of nitrogens with one attached hydrogen (secondary N) is 2. The van der Waals surface area contributed by atoms with Crippen molar-refractivity contribution >= 4 is 28.4 Å². The molecule has 0 amide bonds. The second-order valence-electron chi connectivity index (χ2n) is 11.1. The molecule has 1 aromatic carbocycles. The monoisotopic (exact) mass is 564 g/mol. The zero-order valence-corrected chi connectivity index (χ0v) is 24.7. The number of rotatable bonds is 10. The van der Waals surface area contributed by atoms with Gasteiger partial charge in [-0.2, -0.15) is 5.10 Å². The van der Waals surface area contributed by atoms with Crippen LogP contribution in [-0.4, -0.2) is 88.7 Å². The Kier molecular flexibility index (Phi) is 9.29. The molecule has 1 unspecified atom stereocenters. The minimum absolute atomic E-state index is 0.0237. The molecule has 1 saturated heterocycles. The molecule has 0 spiro atoms. The van der Waals surface area contributed by atoms with Crippen LogP contribution in [0.4, 0.5) is 14.6 Å². The standard InChI is InChI=1S/C31H42F2N8/c1-5-8-22(6-2)28-24-17-23(18-25(32)30(24)38-37-28)29-26(33)20-39(4)31(36-29)35-27-10-9-21(19-34-27)11-12-41-15-13-40(7-3)14-16-41/h9-10,17-19,22H,5-8,11-16,20H2,1-4H3,(H,37,38)(H,34,35,36). The number of aliphatic imine (C=N–C) groups is 1. The van der Waals surface area contributed by atoms with E-state index in [1.54, 1.807) is 11.9 Å². The Morgan fingerprint density at radius 3 is 2.51 bits per heavy atom. The van der Waals surface area contributed by atoms with E-state index in [1.807, 2.05) is 18.3 Å². The van der Waals surface area contributed by atoms with Crippen LogP contribution in [-0.2, 0) is 6.42 Å². The summed E-state index contributed by atoms with van der Waals surface area (Å²) in [6, 6.07) is 7.13. The molecule has 0 bridgehead atoms. The van der Waals surface area contributed by atoms with Gasteiger partial charge >= 0.3 is 0 Å². The minimum atomic E-state index is -0.486. The fraction of sp³-hybridized carbons (Fsp3) is 0.516. The van der Waals surface area contributed by atoms with E-state index < -0.39 is 11.6 Å². The van der Waals surface area contributed by atoms with E-state index in [0.717, 1.165) is 70.6 Å². The van der Waals surface area contributed by atoms with Gasteiger partial charge in [0.25, 0.3) is 0 Å². The molecule has 4 heterocycles. The summed E-state index contributed by atoms with van der Waals surface area (Å²) in [5.41, 5.74) is 2.88. The van der Waals surface area contributed by atoms with Crippen LogP contribution in [0.5, 0.6) is 0 Å². The van der Waals surface area contributed by atoms with E-state index in [2.05, 4.69) is 62.1 Å². The van der Waals surface area contributed by atoms with Gasteiger partial charge in [0, 0.05) is 68.5 Å². The predicted molar refractivity (Wildman–Crippen MR) is 162 cm³/mol. The van der Waals surface area contributed by atoms with Crippen molar-refractivity contribution in [2.45, 2.75) is 52.4 Å². The number of piperazine rings is 1. The van der Waals surface area contributed by atoms with Crippen LogP contribution in [0.1, 0.15) is 62.8 Å². The van der Waals surface area contributed by atoms with Crippen LogP contribution in [0.25, 0.3) is 16.6 Å². The van der Waals surface area contributed by atoms with Crippen molar-refractivity contribution in [3.05, 3.63) is 58.9 Å². The lowest BCUT2D eigenvalue weighted by Gasteiger charge is -2.33. The highest BCUT2D eigenvalue weighted by Crippen LogP contribution is 2.34. The normalized spacial score (nSPS) is 17.8. The average molecular weight is 565 g/mol. The Morgan fingerprint density at radius 1 is 1.05 bits per heavy atom. The van der Waals surface area contributed by atoms with Gasteiger partial charge in [-0.25, -0.2) is 18.8 Å². The Hall–Kier alpha value is -3.37. The number of nitrogens with zero attached hydrogens (tertiary/aromatic N) is 6. The highest BCUT2D eigenvalue weighted by Gasteiger charge is 2.24. The number of benzene rings is 1. The summed E-state index contributed by atoms with van der Waals surface area (Å²) in [6.45, 7) is 13.1. The number of aromatic nitrogens is 3. The number of fused-ring (bicyclic) bond motifs is 1. The van der Waals surface area contributed by atoms with Gasteiger partial charge in [-0.3, -0.25) is 5.10 Å². The topological polar surface area (TPSA) is 75.7 Å². The quantitative estimate of drug-likeness (QED) is 0.333. The second-order valence-corrected chi connectivity index (χ2v) is 11.1. The molecular formula is C31H42F2N8. The highest BCUT2D eigenvalue weighted by atomic mass is 19.1. The number of pyridine rings is 1. The van der Waals surface area contributed by atoms with Gasteiger partial charge in [0.05, 0.1) is 6.54 Å². The van der Waals surface area contributed by atoms with Crippen molar-refractivity contribution in [3.8, 4) is 0 Å². The molecule has 0 aliphatic carbocycles. The molecule has 3 aromatic rings. The summed E-state index contributed by atoms with van der Waals surface area (Å²) in [4.78, 5) is 15.9. The van der Waals surface area contributed by atoms with Gasteiger partial charge in [-0.05, 0) is 49.6 Å². The van der Waals surface area contributed by atoms with Crippen LogP contribution < -0.4 is 5.32 Å². The van der Waals surface area contributed by atoms with E-state index in [4.69, 9.17) is 0 Å². The number of H-pyrrole nitrogens is 1. The smallest absolute Gasteiger partial charge is 0.205 e. The van der Waals surface area contributed by atoms with Crippen LogP contribution in [0, 0.1) is 5.82 Å². The van der Waals surface area contributed by atoms with Crippen LogP contribution >= 0.6 is 0 Å². The van der Waals surface area contributed by atoms with Crippen LogP contribution in [0.15, 0.2) is 41.3 Å². The molecule has 1 fully saturated rings. The maximum Gasteiger partial charge on any atom is 0.205 e. The lowest BCUT2D eigenvalue weighted by molar-refractivity contribution is 0.138. The number of likely N-dealkylation sites (N-methyl/N-ethyl adjacent to an activating group) is 2. The number of hydrogen-bond acceptors (Lipinski definition) is 7. The summed E-state index contributed by atoms with van der Waals surface area (Å²) in [7, 11) is 1.77. The van der Waals surface area contributed by atoms with Gasteiger partial charge in [0.1, 0.15) is 22.9 Å². The molecule has 0 radical (unpaired) electrons. The first-order valence-corrected chi connectivity index (χ1v) is 14.9. The molecule has 2 aromatic heterocycles. The Morgan fingerprint density at radius 2 is 1.83 bits per heavy atom. The number of aromatic amines is 1. The summed E-state index contributed by atoms with van der Waals surface area (Å²) in [5.74, 6) is 0.421. The predicted octanol–water partition coefficient (Wildman–Crippen LogP) is 5.62. The molecule has 0 saturated carbocycles. The fourth-order valence-electron chi connectivity index (χ4n) is 5.77. The summed E-state index contributed by atoms with van der Waals surface area (Å²) in [6.07, 6.45) is 5.72. The maximum absolute atomic E-state index is 15.3. The maximum atomic E-state index is 15.3. The SMILES string of the molecule is CCCC(CC)c1[nH]nc2c(F)cc(C3=C(F)CN(C)C(Nc4ccc(CCN5CCN(CC)CC5)cn4)=N3)cc12. The van der Waals surface area contributed by atoms with Crippen molar-refractivity contribution in [2.75, 3.05) is 58.2 Å². The first kappa shape index (κ1) is 29.1. The lowest BCUT2D eigenvalue weighted by Crippen LogP contribution is -2.46. The Labute approximate surface area is 241 Å². The molecule has 2 aliphatic heterocycles. The van der Waals surface area contributed by atoms with Gasteiger partial charge in [0.2, 0.25) is 5.96 Å². The fourth-order valence-corrected chi connectivity index (χ4v) is 5.77. The number of guanidine groups is 1. The minimum Gasteiger partial charge on any atom is -0.339 e. The van der Waals surface area contributed by atoms with E-state index in [9.17, 15) is 0 Å². The molecule has 1 atom stereocenters. The molecule has 5 rings (SSSR count). The van der Waals surface area contributed by atoms with E-state index in [-0.39, 0.29) is 23.7 Å². The Balaban J connectivity index is 1.31. The molecule has 2 aliphatic rings. The summed E-state index contributed by atoms with van der Waals surface area (Å²) in [5, 5.41) is 11.2. The van der Waals surface area contributed by atoms with Crippen LogP contribution in [0.3, 0.4) is 0 Å². The molecular weight excluding hydrogens is 522 g/mol. The van der Waals surface area contributed by atoms with Gasteiger partial charge in [-0.15, -0.1) is 0 Å². The van der Waals surface area contributed by atoms with Gasteiger partial charge in [0.15, 0.2) is 5.82 Å². The van der Waals surface area contributed by atoms with Crippen molar-refractivity contribution in [3.63, 3.8) is 0 Å². The molecule has 8 nitrogen and oxygen atoms in total. The zero-order valence-electron chi connectivity index (χ0n) is 24.7. The largest absolute Gasteiger partial charge is 0.339 e. The number of anilines is 1. The third-order valence-corrected chi connectivity index (χ3v) is 8.36. The van der Waals surface area contributed by atoms with Gasteiger partial charge in [-0.1, -0.05) is 33.3 Å². The second kappa shape index (κ2) is 13.1. The van der Waals surface area contributed by atoms with Crippen molar-refractivity contribution in [1.29, 1.82) is 0 Å².